The van der Waals surface area contributed by atoms with Crippen molar-refractivity contribution in [2.45, 2.75) is 46.2 Å². The summed E-state index contributed by atoms with van der Waals surface area (Å²) in [6.07, 6.45) is 4.07. The van der Waals surface area contributed by atoms with E-state index < -0.39 is 0 Å². The first-order valence-electron chi connectivity index (χ1n) is 9.29. The molecule has 6 nitrogen and oxygen atoms in total. The lowest BCUT2D eigenvalue weighted by atomic mass is 10.1. The lowest BCUT2D eigenvalue weighted by Crippen LogP contribution is -2.48. The second kappa shape index (κ2) is 8.98. The molecule has 0 saturated carbocycles. The fourth-order valence-electron chi connectivity index (χ4n) is 3.09. The van der Waals surface area contributed by atoms with Crippen LogP contribution in [-0.2, 0) is 6.54 Å². The highest BCUT2D eigenvalue weighted by atomic mass is 32.1. The highest BCUT2D eigenvalue weighted by Gasteiger charge is 2.21. The van der Waals surface area contributed by atoms with E-state index in [2.05, 4.69) is 51.5 Å². The third kappa shape index (κ3) is 5.17. The Morgan fingerprint density at radius 2 is 2.12 bits per heavy atom. The predicted octanol–water partition coefficient (Wildman–Crippen LogP) is 2.88. The minimum absolute atomic E-state index is 0.437. The Balaban J connectivity index is 1.54. The normalized spacial score (nSPS) is 16.0. The fraction of sp³-hybridized carbons (Fsp3) is 0.526. The monoisotopic (exact) mass is 372 g/mol. The Kier molecular flexibility index (Phi) is 6.44. The average molecular weight is 373 g/mol. The van der Waals surface area contributed by atoms with Crippen LogP contribution in [-0.4, -0.2) is 41.6 Å². The molecule has 1 aliphatic rings. The van der Waals surface area contributed by atoms with Crippen LogP contribution in [0.4, 0.5) is 5.82 Å². The highest BCUT2D eigenvalue weighted by Crippen LogP contribution is 2.18. The molecule has 3 heterocycles. The van der Waals surface area contributed by atoms with Gasteiger partial charge in [0.25, 0.3) is 0 Å². The van der Waals surface area contributed by atoms with E-state index in [0.29, 0.717) is 12.6 Å². The number of aromatic nitrogens is 2. The van der Waals surface area contributed by atoms with E-state index in [0.717, 1.165) is 55.0 Å². The van der Waals surface area contributed by atoms with Crippen LogP contribution in [0.3, 0.4) is 0 Å². The van der Waals surface area contributed by atoms with Crippen molar-refractivity contribution in [2.24, 2.45) is 4.99 Å². The van der Waals surface area contributed by atoms with Gasteiger partial charge in [-0.1, -0.05) is 6.07 Å². The molecule has 2 aromatic rings. The van der Waals surface area contributed by atoms with E-state index in [9.17, 15) is 0 Å². The summed E-state index contributed by atoms with van der Waals surface area (Å²) in [5, 5.41) is 7.99. The van der Waals surface area contributed by atoms with E-state index in [1.165, 1.54) is 4.88 Å². The summed E-state index contributed by atoms with van der Waals surface area (Å²) >= 11 is 1.71. The van der Waals surface area contributed by atoms with Crippen LogP contribution < -0.4 is 15.5 Å². The van der Waals surface area contributed by atoms with Gasteiger partial charge in [-0.05, 0) is 45.7 Å². The molecule has 3 rings (SSSR count). The molecule has 0 spiro atoms. The predicted molar refractivity (Wildman–Crippen MR) is 109 cm³/mol. The van der Waals surface area contributed by atoms with E-state index >= 15 is 0 Å². The van der Waals surface area contributed by atoms with E-state index in [-0.39, 0.29) is 0 Å². The standard InChI is InChI=1S/C19H28N6S/c1-4-20-19(22-13-18-21-12-15(3)26-18)24-16-8-10-25(11-9-16)17-7-5-6-14(2)23-17/h5-7,12,16H,4,8-11,13H2,1-3H3,(H2,20,22,24). The van der Waals surface area contributed by atoms with Crippen molar-refractivity contribution in [2.75, 3.05) is 24.5 Å². The van der Waals surface area contributed by atoms with Crippen molar-refractivity contribution < 1.29 is 0 Å². The molecule has 0 radical (unpaired) electrons. The Morgan fingerprint density at radius 1 is 1.31 bits per heavy atom. The third-order valence-corrected chi connectivity index (χ3v) is 5.32. The number of piperidine rings is 1. The SMILES string of the molecule is CCNC(=NCc1ncc(C)s1)NC1CCN(c2cccc(C)n2)CC1. The van der Waals surface area contributed by atoms with Gasteiger partial charge in [-0.3, -0.25) is 0 Å². The lowest BCUT2D eigenvalue weighted by molar-refractivity contribution is 0.459. The maximum Gasteiger partial charge on any atom is 0.191 e. The summed E-state index contributed by atoms with van der Waals surface area (Å²) in [5.41, 5.74) is 1.07. The number of rotatable bonds is 5. The summed E-state index contributed by atoms with van der Waals surface area (Å²) in [7, 11) is 0. The summed E-state index contributed by atoms with van der Waals surface area (Å²) in [4.78, 5) is 17.3. The van der Waals surface area contributed by atoms with E-state index in [1.807, 2.05) is 19.2 Å². The number of aryl methyl sites for hydroxylation is 2. The molecular formula is C19H28N6S. The largest absolute Gasteiger partial charge is 0.357 e. The van der Waals surface area contributed by atoms with Gasteiger partial charge in [0.15, 0.2) is 5.96 Å². The van der Waals surface area contributed by atoms with Crippen molar-refractivity contribution in [3.8, 4) is 0 Å². The third-order valence-electron chi connectivity index (χ3n) is 4.42. The Hall–Kier alpha value is -2.15. The van der Waals surface area contributed by atoms with Crippen LogP contribution >= 0.6 is 11.3 Å². The van der Waals surface area contributed by atoms with Gasteiger partial charge in [0.1, 0.15) is 10.8 Å². The van der Waals surface area contributed by atoms with Crippen molar-refractivity contribution in [1.82, 2.24) is 20.6 Å². The minimum Gasteiger partial charge on any atom is -0.357 e. The summed E-state index contributed by atoms with van der Waals surface area (Å²) in [5.74, 6) is 1.97. The topological polar surface area (TPSA) is 65.4 Å². The van der Waals surface area contributed by atoms with Gasteiger partial charge in [-0.25, -0.2) is 15.0 Å². The lowest BCUT2D eigenvalue weighted by Gasteiger charge is -2.34. The second-order valence-corrected chi connectivity index (χ2v) is 7.92. The molecule has 1 aliphatic heterocycles. The summed E-state index contributed by atoms with van der Waals surface area (Å²) < 4.78 is 0. The number of hydrogen-bond donors (Lipinski definition) is 2. The molecule has 0 aromatic carbocycles. The first kappa shape index (κ1) is 18.6. The summed E-state index contributed by atoms with van der Waals surface area (Å²) in [6.45, 7) is 9.72. The van der Waals surface area contributed by atoms with Gasteiger partial charge in [0.2, 0.25) is 0 Å². The van der Waals surface area contributed by atoms with Crippen molar-refractivity contribution >= 4 is 23.1 Å². The van der Waals surface area contributed by atoms with Crippen molar-refractivity contribution in [1.29, 1.82) is 0 Å². The molecule has 140 valence electrons. The number of anilines is 1. The van der Waals surface area contributed by atoms with Crippen LogP contribution in [0.25, 0.3) is 0 Å². The van der Waals surface area contributed by atoms with Gasteiger partial charge in [0.05, 0.1) is 6.54 Å². The fourth-order valence-corrected chi connectivity index (χ4v) is 3.80. The van der Waals surface area contributed by atoms with Crippen LogP contribution in [0, 0.1) is 13.8 Å². The van der Waals surface area contributed by atoms with Crippen LogP contribution in [0.15, 0.2) is 29.4 Å². The molecular weight excluding hydrogens is 344 g/mol. The molecule has 2 N–H and O–H groups in total. The number of aliphatic imine (C=N–C) groups is 1. The van der Waals surface area contributed by atoms with Gasteiger partial charge < -0.3 is 15.5 Å². The molecule has 0 aliphatic carbocycles. The molecule has 0 amide bonds. The first-order valence-corrected chi connectivity index (χ1v) is 10.1. The van der Waals surface area contributed by atoms with E-state index in [1.54, 1.807) is 11.3 Å². The number of thiazole rings is 1. The van der Waals surface area contributed by atoms with Gasteiger partial charge >= 0.3 is 0 Å². The first-order chi connectivity index (χ1) is 12.6. The average Bonchev–Trinajstić information content (AvgIpc) is 3.06. The number of hydrogen-bond acceptors (Lipinski definition) is 5. The van der Waals surface area contributed by atoms with Crippen molar-refractivity contribution in [3.63, 3.8) is 0 Å². The zero-order valence-electron chi connectivity index (χ0n) is 15.8. The molecule has 26 heavy (non-hydrogen) atoms. The zero-order valence-corrected chi connectivity index (χ0v) is 16.6. The molecule has 1 saturated heterocycles. The van der Waals surface area contributed by atoms with Gasteiger partial charge in [0, 0.05) is 42.4 Å². The zero-order chi connectivity index (χ0) is 18.4. The van der Waals surface area contributed by atoms with E-state index in [4.69, 9.17) is 4.99 Å². The maximum atomic E-state index is 4.70. The molecule has 2 aromatic heterocycles. The molecule has 0 atom stereocenters. The molecule has 0 bridgehead atoms. The van der Waals surface area contributed by atoms with Crippen molar-refractivity contribution in [3.05, 3.63) is 40.0 Å². The van der Waals surface area contributed by atoms with Crippen LogP contribution in [0.1, 0.15) is 35.3 Å². The number of nitrogens with zero attached hydrogens (tertiary/aromatic N) is 4. The quantitative estimate of drug-likeness (QED) is 0.624. The molecule has 0 unspecified atom stereocenters. The van der Waals surface area contributed by atoms with Gasteiger partial charge in [-0.2, -0.15) is 0 Å². The highest BCUT2D eigenvalue weighted by molar-refractivity contribution is 7.11. The smallest absolute Gasteiger partial charge is 0.191 e. The minimum atomic E-state index is 0.437. The summed E-state index contributed by atoms with van der Waals surface area (Å²) in [6, 6.07) is 6.66. The molecule has 7 heteroatoms. The number of guanidine groups is 1. The maximum absolute atomic E-state index is 4.70. The number of pyridine rings is 1. The van der Waals surface area contributed by atoms with Gasteiger partial charge in [-0.15, -0.1) is 11.3 Å². The number of nitrogens with one attached hydrogen (secondary N) is 2. The Bertz CT molecular complexity index is 733. The van der Waals surface area contributed by atoms with Crippen LogP contribution in [0.2, 0.25) is 0 Å². The Morgan fingerprint density at radius 3 is 2.77 bits per heavy atom. The molecule has 1 fully saturated rings. The second-order valence-electron chi connectivity index (χ2n) is 6.60. The Labute approximate surface area is 159 Å². The van der Waals surface area contributed by atoms with Crippen LogP contribution in [0.5, 0.6) is 0 Å².